The van der Waals surface area contributed by atoms with Crippen molar-refractivity contribution in [1.82, 2.24) is 4.98 Å². The molecule has 0 unspecified atom stereocenters. The summed E-state index contributed by atoms with van der Waals surface area (Å²) in [6.45, 7) is 1.71. The van der Waals surface area contributed by atoms with E-state index in [1.54, 1.807) is 6.92 Å². The third kappa shape index (κ3) is 3.88. The summed E-state index contributed by atoms with van der Waals surface area (Å²) in [5.74, 6) is -2.28. The second-order valence-corrected chi connectivity index (χ2v) is 3.44. The van der Waals surface area contributed by atoms with Gasteiger partial charge in [0.15, 0.2) is 5.78 Å². The molecular weight excluding hydrogens is 246 g/mol. The van der Waals surface area contributed by atoms with Crippen molar-refractivity contribution < 1.29 is 19.4 Å². The fourth-order valence-corrected chi connectivity index (χ4v) is 1.19. The molecule has 1 heterocycles. The minimum atomic E-state index is -0.948. The molecule has 0 aliphatic heterocycles. The quantitative estimate of drug-likeness (QED) is 0.385. The third-order valence-electron chi connectivity index (χ3n) is 1.74. The monoisotopic (exact) mass is 255 g/mol. The van der Waals surface area contributed by atoms with E-state index in [1.165, 1.54) is 18.5 Å². The van der Waals surface area contributed by atoms with Gasteiger partial charge in [0.05, 0.1) is 11.6 Å². The van der Waals surface area contributed by atoms with Crippen LogP contribution in [-0.4, -0.2) is 28.4 Å². The molecule has 0 aliphatic rings. The number of ether oxygens (including phenoxy) is 1. The van der Waals surface area contributed by atoms with Crippen molar-refractivity contribution in [3.05, 3.63) is 40.9 Å². The summed E-state index contributed by atoms with van der Waals surface area (Å²) in [7, 11) is 0. The molecule has 1 rings (SSSR count). The molecule has 0 saturated heterocycles. The lowest BCUT2D eigenvalue weighted by atomic mass is 10.2. The lowest BCUT2D eigenvalue weighted by molar-refractivity contribution is -0.141. The van der Waals surface area contributed by atoms with E-state index in [4.69, 9.17) is 11.6 Å². The molecule has 0 aliphatic carbocycles. The molecule has 17 heavy (non-hydrogen) atoms. The number of hydrogen-bond acceptors (Lipinski definition) is 5. The minimum absolute atomic E-state index is 0.115. The van der Waals surface area contributed by atoms with Crippen LogP contribution in [0.15, 0.2) is 30.3 Å². The van der Waals surface area contributed by atoms with E-state index in [-0.39, 0.29) is 12.2 Å². The number of aliphatic hydroxyl groups is 1. The Morgan fingerprint density at radius 1 is 1.53 bits per heavy atom. The minimum Gasteiger partial charge on any atom is -0.502 e. The van der Waals surface area contributed by atoms with Gasteiger partial charge in [0.2, 0.25) is 5.76 Å². The number of ketones is 1. The van der Waals surface area contributed by atoms with Crippen molar-refractivity contribution >= 4 is 23.4 Å². The zero-order chi connectivity index (χ0) is 12.8. The van der Waals surface area contributed by atoms with Crippen molar-refractivity contribution in [3.63, 3.8) is 0 Å². The maximum absolute atomic E-state index is 11.6. The van der Waals surface area contributed by atoms with E-state index in [0.29, 0.717) is 5.02 Å². The first-order valence-corrected chi connectivity index (χ1v) is 5.15. The molecule has 0 saturated carbocycles. The number of rotatable bonds is 4. The van der Waals surface area contributed by atoms with Gasteiger partial charge >= 0.3 is 5.97 Å². The van der Waals surface area contributed by atoms with Crippen LogP contribution in [0.25, 0.3) is 0 Å². The first-order chi connectivity index (χ1) is 8.04. The average Bonchev–Trinajstić information content (AvgIpc) is 2.29. The summed E-state index contributed by atoms with van der Waals surface area (Å²) in [6, 6.07) is 1.38. The number of allylic oxidation sites excluding steroid dienone is 1. The highest BCUT2D eigenvalue weighted by molar-refractivity contribution is 6.30. The van der Waals surface area contributed by atoms with Gasteiger partial charge in [-0.1, -0.05) is 11.6 Å². The van der Waals surface area contributed by atoms with Crippen LogP contribution in [0.3, 0.4) is 0 Å². The molecule has 0 fully saturated rings. The standard InChI is InChI=1S/C11H10ClNO4/c1-2-17-11(16)10(15)4-9(14)7-3-8(12)6-13-5-7/h3-6,15H,2H2,1H3/b10-4-. The van der Waals surface area contributed by atoms with E-state index in [0.717, 1.165) is 6.08 Å². The van der Waals surface area contributed by atoms with E-state index >= 15 is 0 Å². The highest BCUT2D eigenvalue weighted by Gasteiger charge is 2.12. The van der Waals surface area contributed by atoms with Gasteiger partial charge in [-0.25, -0.2) is 4.79 Å². The molecule has 6 heteroatoms. The van der Waals surface area contributed by atoms with Crippen molar-refractivity contribution in [2.75, 3.05) is 6.61 Å². The van der Waals surface area contributed by atoms with Gasteiger partial charge in [-0.05, 0) is 13.0 Å². The SMILES string of the molecule is CCOC(=O)/C(O)=C/C(=O)c1cncc(Cl)c1. The van der Waals surface area contributed by atoms with Gasteiger partial charge in [0, 0.05) is 24.0 Å². The lowest BCUT2D eigenvalue weighted by Gasteiger charge is -2.00. The maximum atomic E-state index is 11.6. The fraction of sp³-hybridized carbons (Fsp3) is 0.182. The Morgan fingerprint density at radius 2 is 2.24 bits per heavy atom. The summed E-state index contributed by atoms with van der Waals surface area (Å²) < 4.78 is 4.51. The number of halogens is 1. The van der Waals surface area contributed by atoms with E-state index in [9.17, 15) is 14.7 Å². The summed E-state index contributed by atoms with van der Waals surface area (Å²) >= 11 is 5.65. The Kier molecular flexibility index (Phi) is 4.66. The van der Waals surface area contributed by atoms with Crippen molar-refractivity contribution in [2.24, 2.45) is 0 Å². The van der Waals surface area contributed by atoms with Crippen LogP contribution in [0, 0.1) is 0 Å². The van der Waals surface area contributed by atoms with Gasteiger partial charge in [-0.15, -0.1) is 0 Å². The van der Waals surface area contributed by atoms with Crippen LogP contribution in [0.4, 0.5) is 0 Å². The summed E-state index contributed by atoms with van der Waals surface area (Å²) in [5.41, 5.74) is 0.174. The Morgan fingerprint density at radius 3 is 2.82 bits per heavy atom. The molecule has 0 bridgehead atoms. The van der Waals surface area contributed by atoms with Gasteiger partial charge in [-0.2, -0.15) is 0 Å². The van der Waals surface area contributed by atoms with Crippen LogP contribution in [0.1, 0.15) is 17.3 Å². The predicted molar refractivity (Wildman–Crippen MR) is 60.9 cm³/mol. The smallest absolute Gasteiger partial charge is 0.373 e. The molecule has 5 nitrogen and oxygen atoms in total. The number of carbonyl (C=O) groups excluding carboxylic acids is 2. The van der Waals surface area contributed by atoms with Crippen molar-refractivity contribution in [3.8, 4) is 0 Å². The predicted octanol–water partition coefficient (Wildman–Crippen LogP) is 1.92. The molecule has 0 radical (unpaired) electrons. The number of carbonyl (C=O) groups is 2. The van der Waals surface area contributed by atoms with Gasteiger partial charge < -0.3 is 9.84 Å². The van der Waals surface area contributed by atoms with Gasteiger partial charge in [-0.3, -0.25) is 9.78 Å². The number of hydrogen-bond donors (Lipinski definition) is 1. The Labute approximate surface area is 103 Å². The van der Waals surface area contributed by atoms with Crippen LogP contribution in [0.5, 0.6) is 0 Å². The molecule has 0 atom stereocenters. The first kappa shape index (κ1) is 13.2. The topological polar surface area (TPSA) is 76.5 Å². The van der Waals surface area contributed by atoms with Gasteiger partial charge in [0.25, 0.3) is 0 Å². The highest BCUT2D eigenvalue weighted by atomic mass is 35.5. The molecule has 0 aromatic carbocycles. The molecule has 1 N–H and O–H groups in total. The zero-order valence-electron chi connectivity index (χ0n) is 9.01. The number of aromatic nitrogens is 1. The van der Waals surface area contributed by atoms with Gasteiger partial charge in [0.1, 0.15) is 0 Å². The Balaban J connectivity index is 2.85. The molecule has 90 valence electrons. The number of nitrogens with zero attached hydrogens (tertiary/aromatic N) is 1. The Bertz CT molecular complexity index is 470. The largest absolute Gasteiger partial charge is 0.502 e. The normalized spacial score (nSPS) is 11.1. The first-order valence-electron chi connectivity index (χ1n) is 4.77. The number of aliphatic hydroxyl groups excluding tert-OH is 1. The van der Waals surface area contributed by atoms with Crippen LogP contribution in [-0.2, 0) is 9.53 Å². The molecule has 0 amide bonds. The van der Waals surface area contributed by atoms with Crippen LogP contribution < -0.4 is 0 Å². The maximum Gasteiger partial charge on any atom is 0.373 e. The fourth-order valence-electron chi connectivity index (χ4n) is 1.02. The summed E-state index contributed by atoms with van der Waals surface area (Å²) in [4.78, 5) is 26.3. The second-order valence-electron chi connectivity index (χ2n) is 3.01. The highest BCUT2D eigenvalue weighted by Crippen LogP contribution is 2.10. The lowest BCUT2D eigenvalue weighted by Crippen LogP contribution is -2.09. The molecule has 1 aromatic rings. The zero-order valence-corrected chi connectivity index (χ0v) is 9.77. The average molecular weight is 256 g/mol. The summed E-state index contributed by atoms with van der Waals surface area (Å²) in [5, 5.41) is 9.55. The second kappa shape index (κ2) is 6.00. The van der Waals surface area contributed by atoms with Crippen LogP contribution in [0.2, 0.25) is 5.02 Å². The third-order valence-corrected chi connectivity index (χ3v) is 1.95. The molecular formula is C11H10ClNO4. The van der Waals surface area contributed by atoms with E-state index in [1.807, 2.05) is 0 Å². The van der Waals surface area contributed by atoms with Crippen molar-refractivity contribution in [2.45, 2.75) is 6.92 Å². The number of esters is 1. The van der Waals surface area contributed by atoms with Crippen molar-refractivity contribution in [1.29, 1.82) is 0 Å². The summed E-state index contributed by atoms with van der Waals surface area (Å²) in [6.07, 6.45) is 3.42. The van der Waals surface area contributed by atoms with E-state index < -0.39 is 17.5 Å². The molecule has 0 spiro atoms. The molecule has 1 aromatic heterocycles. The number of pyridine rings is 1. The van der Waals surface area contributed by atoms with E-state index in [2.05, 4.69) is 9.72 Å². The Hall–Kier alpha value is -1.88. The van der Waals surface area contributed by atoms with Crippen LogP contribution >= 0.6 is 11.6 Å².